The van der Waals surface area contributed by atoms with Gasteiger partial charge < -0.3 is 35.7 Å². The van der Waals surface area contributed by atoms with Crippen LogP contribution >= 0.6 is 12.4 Å². The standard InChI is InChI=1S/C25H33N3O4.ClH.H2O/c1-17(26-13-12-18-16-27-22-10-9-20(29)15-21(18)22)6-4-5-7-25(30)28-19-8-11-23(31-2)24(14-19)32-3;;/h8-11,14-17,26-27,29H,4-7,12-13H2,1-3H3,(H,28,30);1H;1H2. The molecule has 0 aliphatic carbocycles. The summed E-state index contributed by atoms with van der Waals surface area (Å²) >= 11 is 0. The van der Waals surface area contributed by atoms with E-state index in [1.807, 2.05) is 12.3 Å². The minimum absolute atomic E-state index is 0. The van der Waals surface area contributed by atoms with Gasteiger partial charge in [-0.2, -0.15) is 0 Å². The zero-order valence-corrected chi connectivity index (χ0v) is 20.8. The van der Waals surface area contributed by atoms with Crippen molar-refractivity contribution in [1.82, 2.24) is 10.3 Å². The third-order valence-electron chi connectivity index (χ3n) is 5.60. The minimum atomic E-state index is 0. The number of phenols is 1. The number of aromatic nitrogens is 1. The lowest BCUT2D eigenvalue weighted by Crippen LogP contribution is -2.28. The highest BCUT2D eigenvalue weighted by Crippen LogP contribution is 2.29. The summed E-state index contributed by atoms with van der Waals surface area (Å²) in [6.45, 7) is 3.04. The van der Waals surface area contributed by atoms with Crippen LogP contribution in [0.4, 0.5) is 5.69 Å². The number of anilines is 1. The molecule has 8 nitrogen and oxygen atoms in total. The first-order valence-corrected chi connectivity index (χ1v) is 11.0. The first kappa shape index (κ1) is 29.1. The summed E-state index contributed by atoms with van der Waals surface area (Å²) in [5.74, 6) is 1.51. The van der Waals surface area contributed by atoms with Crippen molar-refractivity contribution >= 4 is 34.9 Å². The van der Waals surface area contributed by atoms with E-state index in [1.165, 1.54) is 5.56 Å². The lowest BCUT2D eigenvalue weighted by molar-refractivity contribution is -0.116. The summed E-state index contributed by atoms with van der Waals surface area (Å²) in [5.41, 5.74) is 2.94. The molecule has 9 heteroatoms. The van der Waals surface area contributed by atoms with E-state index in [9.17, 15) is 9.90 Å². The maximum atomic E-state index is 12.2. The van der Waals surface area contributed by atoms with Crippen LogP contribution in [0.15, 0.2) is 42.6 Å². The van der Waals surface area contributed by atoms with Gasteiger partial charge in [-0.15, -0.1) is 12.4 Å². The summed E-state index contributed by atoms with van der Waals surface area (Å²) in [6.07, 6.45) is 6.22. The molecule has 1 unspecified atom stereocenters. The molecule has 188 valence electrons. The van der Waals surface area contributed by atoms with Crippen molar-refractivity contribution in [2.75, 3.05) is 26.1 Å². The van der Waals surface area contributed by atoms with Gasteiger partial charge >= 0.3 is 0 Å². The predicted octanol–water partition coefficient (Wildman–Crippen LogP) is 4.21. The number of fused-ring (bicyclic) bond motifs is 1. The monoisotopic (exact) mass is 493 g/mol. The van der Waals surface area contributed by atoms with Crippen molar-refractivity contribution in [3.8, 4) is 17.2 Å². The van der Waals surface area contributed by atoms with E-state index in [4.69, 9.17) is 9.47 Å². The Hall–Kier alpha value is -2.94. The molecule has 3 aromatic rings. The number of nitrogens with one attached hydrogen (secondary N) is 3. The second-order valence-corrected chi connectivity index (χ2v) is 8.01. The Labute approximate surface area is 206 Å². The number of aromatic amines is 1. The van der Waals surface area contributed by atoms with E-state index in [1.54, 1.807) is 44.6 Å². The molecule has 1 aromatic heterocycles. The highest BCUT2D eigenvalue weighted by atomic mass is 35.5. The second kappa shape index (κ2) is 14.3. The molecular weight excluding hydrogens is 458 g/mol. The van der Waals surface area contributed by atoms with Crippen LogP contribution < -0.4 is 20.1 Å². The van der Waals surface area contributed by atoms with Crippen LogP contribution in [0.1, 0.15) is 38.2 Å². The van der Waals surface area contributed by atoms with Crippen molar-refractivity contribution in [3.05, 3.63) is 48.2 Å². The van der Waals surface area contributed by atoms with Gasteiger partial charge in [-0.1, -0.05) is 6.42 Å². The molecular formula is C25H36ClN3O5. The maximum absolute atomic E-state index is 12.2. The van der Waals surface area contributed by atoms with E-state index >= 15 is 0 Å². The Morgan fingerprint density at radius 3 is 2.59 bits per heavy atom. The molecule has 0 bridgehead atoms. The van der Waals surface area contributed by atoms with Crippen molar-refractivity contribution in [2.45, 2.75) is 45.1 Å². The first-order valence-electron chi connectivity index (χ1n) is 11.0. The number of H-pyrrole nitrogens is 1. The molecule has 0 saturated carbocycles. The average molecular weight is 494 g/mol. The highest BCUT2D eigenvalue weighted by Gasteiger charge is 2.09. The van der Waals surface area contributed by atoms with Gasteiger partial charge in [0.25, 0.3) is 0 Å². The SMILES string of the molecule is COc1ccc(NC(=O)CCCCC(C)NCCc2c[nH]c3ccc(O)cc23)cc1OC.Cl.O. The summed E-state index contributed by atoms with van der Waals surface area (Å²) in [7, 11) is 3.16. The molecule has 1 amide bonds. The number of methoxy groups -OCH3 is 2. The summed E-state index contributed by atoms with van der Waals surface area (Å²) in [5, 5.41) is 17.2. The van der Waals surface area contributed by atoms with Crippen LogP contribution in [0, 0.1) is 0 Å². The van der Waals surface area contributed by atoms with E-state index in [0.717, 1.165) is 43.1 Å². The van der Waals surface area contributed by atoms with Gasteiger partial charge in [0.05, 0.1) is 14.2 Å². The molecule has 0 saturated heterocycles. The van der Waals surface area contributed by atoms with Gasteiger partial charge in [0.2, 0.25) is 5.91 Å². The van der Waals surface area contributed by atoms with E-state index in [2.05, 4.69) is 22.5 Å². The van der Waals surface area contributed by atoms with Crippen molar-refractivity contribution < 1.29 is 24.9 Å². The Morgan fingerprint density at radius 2 is 1.85 bits per heavy atom. The number of hydrogen-bond acceptors (Lipinski definition) is 5. The molecule has 2 aromatic carbocycles. The van der Waals surface area contributed by atoms with Crippen molar-refractivity contribution in [3.63, 3.8) is 0 Å². The smallest absolute Gasteiger partial charge is 0.224 e. The topological polar surface area (TPSA) is 127 Å². The Kier molecular flexibility index (Phi) is 12.3. The third-order valence-corrected chi connectivity index (χ3v) is 5.60. The Bertz CT molecular complexity index is 1040. The number of carbonyl (C=O) groups is 1. The molecule has 3 rings (SSSR count). The largest absolute Gasteiger partial charge is 0.508 e. The Balaban J connectivity index is 0.00000289. The summed E-state index contributed by atoms with van der Waals surface area (Å²) in [4.78, 5) is 15.5. The molecule has 0 aliphatic heterocycles. The van der Waals surface area contributed by atoms with Crippen LogP contribution in [-0.4, -0.2) is 48.3 Å². The van der Waals surface area contributed by atoms with E-state index < -0.39 is 0 Å². The molecule has 0 radical (unpaired) electrons. The normalized spacial score (nSPS) is 11.3. The number of ether oxygens (including phenoxy) is 2. The zero-order valence-electron chi connectivity index (χ0n) is 19.9. The first-order chi connectivity index (χ1) is 15.5. The maximum Gasteiger partial charge on any atom is 0.224 e. The quantitative estimate of drug-likeness (QED) is 0.281. The number of carbonyl (C=O) groups excluding carboxylic acids is 1. The second-order valence-electron chi connectivity index (χ2n) is 8.01. The van der Waals surface area contributed by atoms with Gasteiger partial charge in [0.15, 0.2) is 11.5 Å². The number of hydrogen-bond donors (Lipinski definition) is 4. The zero-order chi connectivity index (χ0) is 22.9. The predicted molar refractivity (Wildman–Crippen MR) is 139 cm³/mol. The number of amides is 1. The fraction of sp³-hybridized carbons (Fsp3) is 0.400. The lowest BCUT2D eigenvalue weighted by Gasteiger charge is -2.14. The lowest BCUT2D eigenvalue weighted by atomic mass is 10.1. The van der Waals surface area contributed by atoms with Crippen LogP contribution in [0.5, 0.6) is 17.2 Å². The van der Waals surface area contributed by atoms with Crippen LogP contribution in [0.25, 0.3) is 10.9 Å². The number of aromatic hydroxyl groups is 1. The van der Waals surface area contributed by atoms with Gasteiger partial charge in [0, 0.05) is 41.3 Å². The number of unbranched alkanes of at least 4 members (excludes halogenated alkanes) is 1. The fourth-order valence-corrected chi connectivity index (χ4v) is 3.80. The van der Waals surface area contributed by atoms with Gasteiger partial charge in [-0.25, -0.2) is 0 Å². The molecule has 34 heavy (non-hydrogen) atoms. The van der Waals surface area contributed by atoms with E-state index in [0.29, 0.717) is 29.6 Å². The van der Waals surface area contributed by atoms with Crippen molar-refractivity contribution in [1.29, 1.82) is 0 Å². The Morgan fingerprint density at radius 1 is 1.09 bits per heavy atom. The number of phenolic OH excluding ortho intramolecular Hbond substituents is 1. The number of rotatable bonds is 12. The molecule has 1 atom stereocenters. The van der Waals surface area contributed by atoms with Crippen molar-refractivity contribution in [2.24, 2.45) is 0 Å². The minimum Gasteiger partial charge on any atom is -0.508 e. The van der Waals surface area contributed by atoms with Gasteiger partial charge in [0.1, 0.15) is 5.75 Å². The molecule has 0 spiro atoms. The van der Waals surface area contributed by atoms with E-state index in [-0.39, 0.29) is 29.5 Å². The summed E-state index contributed by atoms with van der Waals surface area (Å²) < 4.78 is 10.5. The molecule has 6 N–H and O–H groups in total. The third kappa shape index (κ3) is 8.13. The number of halogens is 1. The average Bonchev–Trinajstić information content (AvgIpc) is 3.18. The molecule has 1 heterocycles. The summed E-state index contributed by atoms with van der Waals surface area (Å²) in [6, 6.07) is 11.1. The van der Waals surface area contributed by atoms with Gasteiger partial charge in [-0.05, 0) is 68.6 Å². The van der Waals surface area contributed by atoms with Gasteiger partial charge in [-0.3, -0.25) is 4.79 Å². The highest BCUT2D eigenvalue weighted by molar-refractivity contribution is 5.91. The van der Waals surface area contributed by atoms with Crippen LogP contribution in [-0.2, 0) is 11.2 Å². The van der Waals surface area contributed by atoms with Crippen LogP contribution in [0.2, 0.25) is 0 Å². The fourth-order valence-electron chi connectivity index (χ4n) is 3.80. The molecule has 0 fully saturated rings. The molecule has 0 aliphatic rings. The number of benzene rings is 2. The van der Waals surface area contributed by atoms with Crippen LogP contribution in [0.3, 0.4) is 0 Å².